The summed E-state index contributed by atoms with van der Waals surface area (Å²) >= 11 is 0. The lowest BCUT2D eigenvalue weighted by molar-refractivity contribution is 0.549. The molecule has 1 spiro atoms. The smallest absolute Gasteiger partial charge is 0.0292 e. The van der Waals surface area contributed by atoms with Gasteiger partial charge in [-0.25, -0.2) is 0 Å². The van der Waals surface area contributed by atoms with E-state index < -0.39 is 0 Å². The van der Waals surface area contributed by atoms with Crippen LogP contribution < -0.4 is 5.73 Å². The molecule has 0 bridgehead atoms. The van der Waals surface area contributed by atoms with Gasteiger partial charge in [0.1, 0.15) is 0 Å². The van der Waals surface area contributed by atoms with Gasteiger partial charge >= 0.3 is 0 Å². The topological polar surface area (TPSA) is 26.0 Å². The summed E-state index contributed by atoms with van der Waals surface area (Å²) in [6, 6.07) is 51.6. The van der Waals surface area contributed by atoms with Gasteiger partial charge in [-0.05, 0) is 137 Å². The van der Waals surface area contributed by atoms with Crippen molar-refractivity contribution in [3.63, 3.8) is 0 Å². The Kier molecular flexibility index (Phi) is 9.43. The molecule has 0 aliphatic heterocycles. The maximum atomic E-state index is 6.38. The summed E-state index contributed by atoms with van der Waals surface area (Å²) < 4.78 is 0. The maximum absolute atomic E-state index is 6.38. The Morgan fingerprint density at radius 2 is 1.21 bits per heavy atom. The van der Waals surface area contributed by atoms with Crippen LogP contribution in [0.15, 0.2) is 175 Å². The minimum Gasteiger partial charge on any atom is -0.324 e. The maximum Gasteiger partial charge on any atom is 0.0292 e. The van der Waals surface area contributed by atoms with Crippen molar-refractivity contribution in [1.82, 2.24) is 0 Å². The van der Waals surface area contributed by atoms with Crippen molar-refractivity contribution in [1.29, 1.82) is 0 Å². The van der Waals surface area contributed by atoms with E-state index in [-0.39, 0.29) is 11.5 Å². The van der Waals surface area contributed by atoms with Crippen LogP contribution in [0.2, 0.25) is 0 Å². The number of allylic oxidation sites excluding steroid dienone is 8. The Morgan fingerprint density at radius 1 is 0.590 bits per heavy atom. The molecule has 0 radical (unpaired) electrons. The van der Waals surface area contributed by atoms with Crippen LogP contribution in [-0.2, 0) is 5.41 Å². The molecule has 4 aliphatic carbocycles. The summed E-state index contributed by atoms with van der Waals surface area (Å²) in [4.78, 5) is 0. The Bertz CT molecular complexity index is 2920. The highest BCUT2D eigenvalue weighted by molar-refractivity contribution is 6.19. The van der Waals surface area contributed by atoms with Crippen LogP contribution in [0.4, 0.5) is 0 Å². The van der Waals surface area contributed by atoms with Crippen molar-refractivity contribution in [2.45, 2.75) is 76.7 Å². The molecule has 2 N–H and O–H groups in total. The number of nitrogens with two attached hydrogens (primary N) is 1. The number of hydrogen-bond donors (Lipinski definition) is 1. The zero-order chi connectivity index (χ0) is 41.2. The van der Waals surface area contributed by atoms with Crippen LogP contribution in [0.1, 0.15) is 105 Å². The monoisotopic (exact) mass is 789 g/mol. The Morgan fingerprint density at radius 3 is 1.90 bits per heavy atom. The SMILES string of the molecule is CCC(N)c1ccc(-c2ccc3c(c2)C2(CCCC2)c2cc(C(CC)c4cccc(-c5c6ccccc6c(C6=CC(C)C7C=CC=CC7=C6)c6ccccc56)c4)ccc2-3)cc1. The zero-order valence-electron chi connectivity index (χ0n) is 35.8. The summed E-state index contributed by atoms with van der Waals surface area (Å²) in [5.41, 5.74) is 25.7. The first-order chi connectivity index (χ1) is 30.0. The molecule has 1 heteroatoms. The predicted octanol–water partition coefficient (Wildman–Crippen LogP) is 15.8. The number of rotatable bonds is 8. The van der Waals surface area contributed by atoms with E-state index in [1.54, 1.807) is 5.56 Å². The molecular formula is C60H55N. The van der Waals surface area contributed by atoms with E-state index in [2.05, 4.69) is 191 Å². The number of benzene rings is 7. The summed E-state index contributed by atoms with van der Waals surface area (Å²) in [6.07, 6.45) is 21.0. The second-order valence-corrected chi connectivity index (χ2v) is 18.3. The highest BCUT2D eigenvalue weighted by Crippen LogP contribution is 2.58. The van der Waals surface area contributed by atoms with Crippen LogP contribution in [0.5, 0.6) is 0 Å². The largest absolute Gasteiger partial charge is 0.324 e. The molecule has 11 rings (SSSR count). The summed E-state index contributed by atoms with van der Waals surface area (Å²) in [7, 11) is 0. The first-order valence-electron chi connectivity index (χ1n) is 22.9. The Balaban J connectivity index is 0.989. The average Bonchev–Trinajstić information content (AvgIpc) is 3.91. The molecule has 0 amide bonds. The molecule has 4 atom stereocenters. The Hall–Kier alpha value is -6.02. The van der Waals surface area contributed by atoms with Gasteiger partial charge in [0.05, 0.1) is 0 Å². The lowest BCUT2D eigenvalue weighted by Crippen LogP contribution is -2.21. The molecule has 1 fully saturated rings. The minimum atomic E-state index is 0.0767. The summed E-state index contributed by atoms with van der Waals surface area (Å²) in [5.74, 6) is 1.16. The van der Waals surface area contributed by atoms with Gasteiger partial charge in [-0.15, -0.1) is 0 Å². The second kappa shape index (κ2) is 15.2. The molecule has 0 saturated heterocycles. The van der Waals surface area contributed by atoms with E-state index in [4.69, 9.17) is 5.73 Å². The summed E-state index contributed by atoms with van der Waals surface area (Å²) in [5, 5.41) is 5.26. The van der Waals surface area contributed by atoms with Crippen molar-refractivity contribution in [3.05, 3.63) is 209 Å². The second-order valence-electron chi connectivity index (χ2n) is 18.3. The van der Waals surface area contributed by atoms with E-state index in [0.717, 1.165) is 12.8 Å². The number of fused-ring (bicyclic) bond motifs is 8. The molecule has 0 aromatic heterocycles. The van der Waals surface area contributed by atoms with Crippen LogP contribution in [0.3, 0.4) is 0 Å². The quantitative estimate of drug-likeness (QED) is 0.153. The molecule has 7 aromatic rings. The van der Waals surface area contributed by atoms with Gasteiger partial charge in [0.25, 0.3) is 0 Å². The van der Waals surface area contributed by atoms with E-state index in [9.17, 15) is 0 Å². The first kappa shape index (κ1) is 37.9. The zero-order valence-corrected chi connectivity index (χ0v) is 35.8. The normalized spacial score (nSPS) is 19.4. The van der Waals surface area contributed by atoms with E-state index >= 15 is 0 Å². The fourth-order valence-corrected chi connectivity index (χ4v) is 11.9. The minimum absolute atomic E-state index is 0.0767. The third-order valence-electron chi connectivity index (χ3n) is 15.0. The standard InChI is InChI=1S/C60H55N/c1-4-47(44-28-30-50-49-29-27-41(39-23-25-40(26-24-39)57(61)5-2)36-55(49)60(56(50)37-44)31-12-13-32-60)42-16-14-17-45(34-42)58-51-19-8-10-21-53(51)59(54-22-11-9-20-52(54)58)46-33-38(3)48-18-7-6-15-43(48)35-46/h6-11,14-30,33-38,47-48,57H,4-5,12-13,31-32,61H2,1-3H3. The van der Waals surface area contributed by atoms with Gasteiger partial charge < -0.3 is 5.73 Å². The van der Waals surface area contributed by atoms with Crippen molar-refractivity contribution in [2.24, 2.45) is 17.6 Å². The van der Waals surface area contributed by atoms with Crippen LogP contribution in [-0.4, -0.2) is 0 Å². The van der Waals surface area contributed by atoms with E-state index in [1.807, 2.05) is 0 Å². The number of hydrogen-bond acceptors (Lipinski definition) is 1. The van der Waals surface area contributed by atoms with Crippen molar-refractivity contribution >= 4 is 27.1 Å². The molecule has 1 nitrogen and oxygen atoms in total. The lowest BCUT2D eigenvalue weighted by atomic mass is 9.75. The molecule has 7 aromatic carbocycles. The molecule has 4 unspecified atom stereocenters. The van der Waals surface area contributed by atoms with E-state index in [0.29, 0.717) is 17.8 Å². The third kappa shape index (κ3) is 6.15. The van der Waals surface area contributed by atoms with Crippen LogP contribution in [0, 0.1) is 11.8 Å². The average molecular weight is 790 g/mol. The summed E-state index contributed by atoms with van der Waals surface area (Å²) in [6.45, 7) is 6.88. The van der Waals surface area contributed by atoms with Gasteiger partial charge in [-0.2, -0.15) is 0 Å². The molecule has 61 heavy (non-hydrogen) atoms. The molecule has 1 saturated carbocycles. The highest BCUT2D eigenvalue weighted by atomic mass is 14.6. The predicted molar refractivity (Wildman–Crippen MR) is 260 cm³/mol. The molecular weight excluding hydrogens is 735 g/mol. The van der Waals surface area contributed by atoms with Gasteiger partial charge in [0.15, 0.2) is 0 Å². The van der Waals surface area contributed by atoms with Crippen LogP contribution in [0.25, 0.3) is 60.5 Å². The van der Waals surface area contributed by atoms with E-state index in [1.165, 1.54) is 120 Å². The fourth-order valence-electron chi connectivity index (χ4n) is 11.9. The fraction of sp³-hybridized carbons (Fsp3) is 0.233. The van der Waals surface area contributed by atoms with Gasteiger partial charge in [-0.3, -0.25) is 0 Å². The third-order valence-corrected chi connectivity index (χ3v) is 15.0. The van der Waals surface area contributed by atoms with Gasteiger partial charge in [-0.1, -0.05) is 197 Å². The van der Waals surface area contributed by atoms with Crippen LogP contribution >= 0.6 is 0 Å². The molecule has 4 aliphatic rings. The lowest BCUT2D eigenvalue weighted by Gasteiger charge is -2.28. The van der Waals surface area contributed by atoms with Crippen molar-refractivity contribution < 1.29 is 0 Å². The Labute approximate surface area is 362 Å². The molecule has 0 heterocycles. The first-order valence-corrected chi connectivity index (χ1v) is 22.9. The highest BCUT2D eigenvalue weighted by Gasteiger charge is 2.45. The van der Waals surface area contributed by atoms with Crippen molar-refractivity contribution in [3.8, 4) is 33.4 Å². The van der Waals surface area contributed by atoms with Gasteiger partial charge in [0.2, 0.25) is 0 Å². The molecule has 300 valence electrons. The van der Waals surface area contributed by atoms with Gasteiger partial charge in [0, 0.05) is 23.3 Å². The van der Waals surface area contributed by atoms with Crippen molar-refractivity contribution in [2.75, 3.05) is 0 Å².